The highest BCUT2D eigenvalue weighted by molar-refractivity contribution is 7.46. The van der Waals surface area contributed by atoms with Crippen LogP contribution in [0.3, 0.4) is 0 Å². The molecule has 0 aliphatic rings. The summed E-state index contributed by atoms with van der Waals surface area (Å²) in [7, 11) is -4.98. The first-order valence-corrected chi connectivity index (χ1v) is 19.7. The molecule has 0 aromatic rings. The number of rotatable bonds is 30. The van der Waals surface area contributed by atoms with Gasteiger partial charge in [0, 0.05) is 0 Å². The third-order valence-corrected chi connectivity index (χ3v) is 7.69. The van der Waals surface area contributed by atoms with E-state index in [0.717, 1.165) is 0 Å². The summed E-state index contributed by atoms with van der Waals surface area (Å²) >= 11 is 0. The maximum absolute atomic E-state index is 11.1. The standard InChI is InChI=1S/2C16H35N.C2H4F3O4P/c2*1-3-5-7-9-11-13-15-17-16-14-12-10-8-6-4-2;3-2(4,5)1-9-10(6,7)8/h2*17H,3-16H2,1-2H3;1H2,(H2,6,7,8). The van der Waals surface area contributed by atoms with Crippen LogP contribution in [0.25, 0.3) is 0 Å². The quantitative estimate of drug-likeness (QED) is 0.0452. The van der Waals surface area contributed by atoms with Gasteiger partial charge in [0.1, 0.15) is 0 Å². The van der Waals surface area contributed by atoms with Crippen molar-refractivity contribution in [3.8, 4) is 0 Å². The summed E-state index contributed by atoms with van der Waals surface area (Å²) in [4.78, 5) is 15.5. The van der Waals surface area contributed by atoms with Crippen LogP contribution in [-0.4, -0.2) is 48.7 Å². The molecule has 0 aliphatic heterocycles. The average Bonchev–Trinajstić information content (AvgIpc) is 2.97. The Morgan fingerprint density at radius 3 is 0.886 bits per heavy atom. The molecule has 0 bridgehead atoms. The summed E-state index contributed by atoms with van der Waals surface area (Å²) in [5.74, 6) is 0. The first kappa shape index (κ1) is 48.2. The van der Waals surface area contributed by atoms with E-state index in [2.05, 4.69) is 42.9 Å². The molecule has 0 aliphatic carbocycles. The van der Waals surface area contributed by atoms with E-state index in [-0.39, 0.29) is 0 Å². The number of phosphoric ester groups is 1. The highest BCUT2D eigenvalue weighted by atomic mass is 31.2. The van der Waals surface area contributed by atoms with Gasteiger partial charge in [0.15, 0.2) is 6.61 Å². The summed E-state index contributed by atoms with van der Waals surface area (Å²) in [5.41, 5.74) is 0. The van der Waals surface area contributed by atoms with Gasteiger partial charge in [0.05, 0.1) is 0 Å². The molecule has 0 aromatic heterocycles. The van der Waals surface area contributed by atoms with Crippen molar-refractivity contribution in [3.63, 3.8) is 0 Å². The molecular formula is C34H74F3N2O4P. The van der Waals surface area contributed by atoms with Gasteiger partial charge in [-0.25, -0.2) is 4.57 Å². The molecule has 0 aromatic carbocycles. The molecule has 270 valence electrons. The van der Waals surface area contributed by atoms with E-state index in [4.69, 9.17) is 9.79 Å². The van der Waals surface area contributed by atoms with Gasteiger partial charge < -0.3 is 20.4 Å². The molecule has 0 fully saturated rings. The Morgan fingerprint density at radius 2 is 0.705 bits per heavy atom. The summed E-state index contributed by atoms with van der Waals surface area (Å²) < 4.78 is 46.1. The number of unbranched alkanes of at least 4 members (excludes halogenated alkanes) is 20. The molecule has 44 heavy (non-hydrogen) atoms. The topological polar surface area (TPSA) is 90.8 Å². The fourth-order valence-corrected chi connectivity index (χ4v) is 4.84. The Hall–Kier alpha value is -0.180. The first-order valence-electron chi connectivity index (χ1n) is 18.2. The number of hydrogen-bond donors (Lipinski definition) is 4. The van der Waals surface area contributed by atoms with E-state index in [1.54, 1.807) is 0 Å². The van der Waals surface area contributed by atoms with Gasteiger partial charge in [-0.05, 0) is 51.9 Å². The van der Waals surface area contributed by atoms with Gasteiger partial charge in [0.25, 0.3) is 0 Å². The first-order chi connectivity index (χ1) is 21.0. The van der Waals surface area contributed by atoms with Crippen molar-refractivity contribution in [2.75, 3.05) is 32.8 Å². The van der Waals surface area contributed by atoms with Crippen LogP contribution in [0.15, 0.2) is 0 Å². The van der Waals surface area contributed by atoms with Crippen LogP contribution in [-0.2, 0) is 9.09 Å². The lowest BCUT2D eigenvalue weighted by Gasteiger charge is -2.07. The number of hydrogen-bond acceptors (Lipinski definition) is 4. The Kier molecular flexibility index (Phi) is 42.7. The summed E-state index contributed by atoms with van der Waals surface area (Å²) in [6, 6.07) is 0. The van der Waals surface area contributed by atoms with E-state index in [1.165, 1.54) is 180 Å². The molecule has 0 saturated carbocycles. The molecule has 0 unspecified atom stereocenters. The zero-order chi connectivity index (χ0) is 33.6. The van der Waals surface area contributed by atoms with Gasteiger partial charge >= 0.3 is 14.0 Å². The van der Waals surface area contributed by atoms with Crippen LogP contribution in [0.5, 0.6) is 0 Å². The van der Waals surface area contributed by atoms with Gasteiger partial charge in [-0.1, -0.05) is 156 Å². The van der Waals surface area contributed by atoms with Crippen molar-refractivity contribution < 1.29 is 32.0 Å². The number of nitrogens with one attached hydrogen (secondary N) is 2. The average molecular weight is 663 g/mol. The van der Waals surface area contributed by atoms with Crippen molar-refractivity contribution in [2.24, 2.45) is 0 Å². The van der Waals surface area contributed by atoms with Crippen LogP contribution in [0.1, 0.15) is 182 Å². The van der Waals surface area contributed by atoms with Crippen molar-refractivity contribution >= 4 is 7.82 Å². The van der Waals surface area contributed by atoms with Gasteiger partial charge in [-0.3, -0.25) is 4.52 Å². The number of alkyl halides is 3. The second kappa shape index (κ2) is 39.0. The zero-order valence-corrected chi connectivity index (χ0v) is 30.2. The second-order valence-electron chi connectivity index (χ2n) is 12.0. The number of phosphoric acid groups is 1. The smallest absolute Gasteiger partial charge is 0.317 e. The van der Waals surface area contributed by atoms with Crippen LogP contribution in [0, 0.1) is 0 Å². The van der Waals surface area contributed by atoms with Gasteiger partial charge in [0.2, 0.25) is 0 Å². The lowest BCUT2D eigenvalue weighted by molar-refractivity contribution is -0.156. The highest BCUT2D eigenvalue weighted by Crippen LogP contribution is 2.37. The van der Waals surface area contributed by atoms with E-state index >= 15 is 0 Å². The van der Waals surface area contributed by atoms with E-state index in [9.17, 15) is 17.7 Å². The molecule has 6 nitrogen and oxygen atoms in total. The van der Waals surface area contributed by atoms with Crippen LogP contribution in [0.2, 0.25) is 0 Å². The molecule has 0 amide bonds. The minimum atomic E-state index is -4.98. The third-order valence-electron chi connectivity index (χ3n) is 7.22. The fraction of sp³-hybridized carbons (Fsp3) is 1.00. The van der Waals surface area contributed by atoms with Crippen molar-refractivity contribution in [1.29, 1.82) is 0 Å². The minimum Gasteiger partial charge on any atom is -0.317 e. The van der Waals surface area contributed by atoms with Crippen LogP contribution >= 0.6 is 7.82 Å². The molecule has 0 saturated heterocycles. The van der Waals surface area contributed by atoms with Crippen molar-refractivity contribution in [1.82, 2.24) is 10.6 Å². The Bertz CT molecular complexity index is 509. The van der Waals surface area contributed by atoms with Crippen LogP contribution < -0.4 is 10.6 Å². The summed E-state index contributed by atoms with van der Waals surface area (Å²) in [6.45, 7) is 12.1. The predicted molar refractivity (Wildman–Crippen MR) is 183 cm³/mol. The summed E-state index contributed by atoms with van der Waals surface area (Å²) in [5, 5.41) is 7.13. The molecular weight excluding hydrogens is 588 g/mol. The van der Waals surface area contributed by atoms with E-state index < -0.39 is 20.6 Å². The minimum absolute atomic E-state index is 1.24. The summed E-state index contributed by atoms with van der Waals surface area (Å²) in [6.07, 6.45) is 29.1. The Balaban J connectivity index is -0.000000594. The maximum atomic E-state index is 11.1. The van der Waals surface area contributed by atoms with Crippen molar-refractivity contribution in [3.05, 3.63) is 0 Å². The zero-order valence-electron chi connectivity index (χ0n) is 29.3. The molecule has 0 atom stereocenters. The monoisotopic (exact) mass is 663 g/mol. The molecule has 4 N–H and O–H groups in total. The molecule has 0 spiro atoms. The lowest BCUT2D eigenvalue weighted by Crippen LogP contribution is -2.16. The normalized spacial score (nSPS) is 11.6. The van der Waals surface area contributed by atoms with E-state index in [0.29, 0.717) is 0 Å². The number of halogens is 3. The molecule has 0 radical (unpaired) electrons. The maximum Gasteiger partial charge on any atom is 0.469 e. The Morgan fingerprint density at radius 1 is 0.477 bits per heavy atom. The largest absolute Gasteiger partial charge is 0.469 e. The molecule has 0 heterocycles. The fourth-order valence-electron chi connectivity index (χ4n) is 4.53. The SMILES string of the molecule is CCCCCCCCNCCCCCCCC.CCCCCCCCNCCCCCCCC.O=P(O)(O)OCC(F)(F)F. The van der Waals surface area contributed by atoms with Crippen molar-refractivity contribution in [2.45, 2.75) is 188 Å². The van der Waals surface area contributed by atoms with Gasteiger partial charge in [-0.2, -0.15) is 13.2 Å². The predicted octanol–water partition coefficient (Wildman–Crippen LogP) is 11.3. The Labute approximate surface area is 271 Å². The molecule has 10 heteroatoms. The third kappa shape index (κ3) is 57.5. The second-order valence-corrected chi connectivity index (χ2v) is 13.2. The van der Waals surface area contributed by atoms with Gasteiger partial charge in [-0.15, -0.1) is 0 Å². The van der Waals surface area contributed by atoms with Crippen LogP contribution in [0.4, 0.5) is 13.2 Å². The lowest BCUT2D eigenvalue weighted by atomic mass is 10.1. The van der Waals surface area contributed by atoms with E-state index in [1.807, 2.05) is 0 Å². The molecule has 0 rings (SSSR count). The highest BCUT2D eigenvalue weighted by Gasteiger charge is 2.31.